The molecule has 0 amide bonds. The monoisotopic (exact) mass is 581 g/mol. The van der Waals surface area contributed by atoms with Gasteiger partial charge in [0.25, 0.3) is 0 Å². The van der Waals surface area contributed by atoms with Crippen LogP contribution in [0.4, 0.5) is 15.9 Å². The van der Waals surface area contributed by atoms with Crippen molar-refractivity contribution in [3.8, 4) is 0 Å². The molecular weight excluding hydrogens is 541 g/mol. The molecule has 1 unspecified atom stereocenters. The summed E-state index contributed by atoms with van der Waals surface area (Å²) in [6.07, 6.45) is 12.1. The lowest BCUT2D eigenvalue weighted by Gasteiger charge is -2.40. The number of aryl methyl sites for hydroxylation is 2. The van der Waals surface area contributed by atoms with Crippen molar-refractivity contribution in [1.29, 1.82) is 0 Å². The first kappa shape index (κ1) is 28.0. The zero-order valence-corrected chi connectivity index (χ0v) is 25.2. The van der Waals surface area contributed by atoms with Crippen LogP contribution in [0.2, 0.25) is 0 Å². The fraction of sp³-hybridized carbons (Fsp3) is 0.471. The van der Waals surface area contributed by atoms with Gasteiger partial charge in [-0.25, -0.2) is 9.37 Å². The van der Waals surface area contributed by atoms with Crippen molar-refractivity contribution in [3.63, 3.8) is 0 Å². The summed E-state index contributed by atoms with van der Waals surface area (Å²) in [5, 5.41) is 0.389. The molecular formula is C34H40FN7O. The molecule has 2 saturated heterocycles. The molecule has 4 aromatic rings. The van der Waals surface area contributed by atoms with Gasteiger partial charge in [0.05, 0.1) is 17.3 Å². The molecule has 1 aliphatic carbocycles. The normalized spacial score (nSPS) is 19.1. The minimum Gasteiger partial charge on any atom is -0.369 e. The molecule has 1 saturated carbocycles. The Labute approximate surface area is 252 Å². The first-order valence-corrected chi connectivity index (χ1v) is 15.8. The number of pyridine rings is 4. The molecule has 7 rings (SSSR count). The van der Waals surface area contributed by atoms with Gasteiger partial charge < -0.3 is 14.4 Å². The van der Waals surface area contributed by atoms with Crippen LogP contribution in [0.1, 0.15) is 67.1 Å². The highest BCUT2D eigenvalue weighted by Gasteiger charge is 2.31. The highest BCUT2D eigenvalue weighted by Crippen LogP contribution is 2.37. The Balaban J connectivity index is 1.25. The van der Waals surface area contributed by atoms with Crippen molar-refractivity contribution in [2.45, 2.75) is 77.5 Å². The summed E-state index contributed by atoms with van der Waals surface area (Å²) in [6, 6.07) is 10.4. The Morgan fingerprint density at radius 1 is 0.930 bits per heavy atom. The third-order valence-corrected chi connectivity index (χ3v) is 9.25. The number of halogens is 1. The lowest BCUT2D eigenvalue weighted by atomic mass is 10.0. The van der Waals surface area contributed by atoms with Crippen LogP contribution >= 0.6 is 0 Å². The number of nitrogens with zero attached hydrogens (tertiary/aromatic N) is 7. The van der Waals surface area contributed by atoms with Gasteiger partial charge in [-0.2, -0.15) is 0 Å². The third-order valence-electron chi connectivity index (χ3n) is 9.25. The number of hydrogen-bond donors (Lipinski definition) is 0. The summed E-state index contributed by atoms with van der Waals surface area (Å²) < 4.78 is 17.6. The van der Waals surface area contributed by atoms with Crippen LogP contribution in [-0.4, -0.2) is 56.6 Å². The number of hydrogen-bond acceptors (Lipinski definition) is 7. The molecule has 0 aromatic carbocycles. The Hall–Kier alpha value is -3.85. The van der Waals surface area contributed by atoms with E-state index in [0.717, 1.165) is 81.8 Å². The summed E-state index contributed by atoms with van der Waals surface area (Å²) in [7, 11) is 0. The van der Waals surface area contributed by atoms with Gasteiger partial charge in [0.2, 0.25) is 0 Å². The second-order valence-electron chi connectivity index (χ2n) is 12.6. The van der Waals surface area contributed by atoms with Gasteiger partial charge in [-0.1, -0.05) is 0 Å². The number of piperidine rings is 1. The van der Waals surface area contributed by atoms with Crippen LogP contribution in [0.5, 0.6) is 0 Å². The van der Waals surface area contributed by atoms with Gasteiger partial charge in [-0.15, -0.1) is 0 Å². The molecule has 4 aromatic heterocycles. The van der Waals surface area contributed by atoms with Crippen molar-refractivity contribution in [3.05, 3.63) is 87.5 Å². The molecule has 0 N–H and O–H groups in total. The lowest BCUT2D eigenvalue weighted by Crippen LogP contribution is -2.48. The predicted molar refractivity (Wildman–Crippen MR) is 168 cm³/mol. The number of rotatable bonds is 8. The minimum atomic E-state index is -0.398. The van der Waals surface area contributed by atoms with E-state index in [1.807, 2.05) is 37.3 Å². The summed E-state index contributed by atoms with van der Waals surface area (Å²) >= 11 is 0. The van der Waals surface area contributed by atoms with E-state index >= 15 is 4.39 Å². The fourth-order valence-electron chi connectivity index (χ4n) is 6.79. The molecule has 8 nitrogen and oxygen atoms in total. The van der Waals surface area contributed by atoms with E-state index in [9.17, 15) is 4.79 Å². The molecule has 224 valence electrons. The molecule has 3 fully saturated rings. The van der Waals surface area contributed by atoms with E-state index in [1.54, 1.807) is 0 Å². The Morgan fingerprint density at radius 3 is 2.49 bits per heavy atom. The molecule has 9 heteroatoms. The second kappa shape index (κ2) is 11.7. The van der Waals surface area contributed by atoms with Gasteiger partial charge >= 0.3 is 0 Å². The van der Waals surface area contributed by atoms with Gasteiger partial charge in [0, 0.05) is 80.7 Å². The van der Waals surface area contributed by atoms with Crippen molar-refractivity contribution in [2.75, 3.05) is 36.0 Å². The van der Waals surface area contributed by atoms with E-state index in [-0.39, 0.29) is 11.5 Å². The predicted octanol–water partition coefficient (Wildman–Crippen LogP) is 5.55. The zero-order valence-electron chi connectivity index (χ0n) is 25.2. The van der Waals surface area contributed by atoms with Crippen LogP contribution < -0.4 is 15.2 Å². The molecule has 0 spiro atoms. The average molecular weight is 582 g/mol. The van der Waals surface area contributed by atoms with Crippen LogP contribution in [-0.2, 0) is 13.1 Å². The maximum atomic E-state index is 15.5. The summed E-state index contributed by atoms with van der Waals surface area (Å²) in [6.45, 7) is 8.67. The standard InChI is InChI=1S/C34H40FN7O/c1-23-7-8-28(18-37-23)40-15-5-6-29(22-40)41(19-25-11-12-36-24(2)16-25)20-26-21-42(27-9-10-27)33-30(32(26)43)17-31(35)34(38-33)39-13-3-4-14-39/h7-8,11-12,16-18,21,27,29H,3-6,9-10,13-15,19-20,22H2,1-2H3. The largest absolute Gasteiger partial charge is 0.369 e. The topological polar surface area (TPSA) is 70.4 Å². The molecule has 2 aliphatic heterocycles. The Bertz CT molecular complexity index is 1680. The van der Waals surface area contributed by atoms with Gasteiger partial charge in [0.1, 0.15) is 5.65 Å². The first-order chi connectivity index (χ1) is 20.9. The van der Waals surface area contributed by atoms with E-state index in [0.29, 0.717) is 41.5 Å². The summed E-state index contributed by atoms with van der Waals surface area (Å²) in [5.74, 6) is -0.0149. The second-order valence-corrected chi connectivity index (χ2v) is 12.6. The van der Waals surface area contributed by atoms with E-state index < -0.39 is 5.82 Å². The Kier molecular flexibility index (Phi) is 7.59. The van der Waals surface area contributed by atoms with E-state index in [4.69, 9.17) is 4.98 Å². The molecule has 1 atom stereocenters. The van der Waals surface area contributed by atoms with Crippen LogP contribution in [0.3, 0.4) is 0 Å². The molecule has 3 aliphatic rings. The van der Waals surface area contributed by atoms with Crippen molar-refractivity contribution in [2.24, 2.45) is 0 Å². The number of aromatic nitrogens is 4. The van der Waals surface area contributed by atoms with Gasteiger partial charge in [-0.05, 0) is 88.3 Å². The SMILES string of the molecule is Cc1ccc(N2CCCC(N(Cc3ccnc(C)c3)Cc3cn(C4CC4)c4nc(N5CCCC5)c(F)cc4c3=O)C2)cn1. The summed E-state index contributed by atoms with van der Waals surface area (Å²) in [4.78, 5) is 34.7. The lowest BCUT2D eigenvalue weighted by molar-refractivity contribution is 0.158. The maximum absolute atomic E-state index is 15.5. The first-order valence-electron chi connectivity index (χ1n) is 15.8. The number of fused-ring (bicyclic) bond motifs is 1. The van der Waals surface area contributed by atoms with E-state index in [2.05, 4.69) is 48.6 Å². The van der Waals surface area contributed by atoms with E-state index in [1.165, 1.54) is 11.6 Å². The van der Waals surface area contributed by atoms with Gasteiger partial charge in [0.15, 0.2) is 17.1 Å². The van der Waals surface area contributed by atoms with Crippen LogP contribution in [0.15, 0.2) is 53.7 Å². The summed E-state index contributed by atoms with van der Waals surface area (Å²) in [5.41, 5.74) is 5.50. The smallest absolute Gasteiger partial charge is 0.195 e. The van der Waals surface area contributed by atoms with Crippen LogP contribution in [0.25, 0.3) is 11.0 Å². The highest BCUT2D eigenvalue weighted by molar-refractivity contribution is 5.78. The third kappa shape index (κ3) is 5.87. The van der Waals surface area contributed by atoms with Crippen molar-refractivity contribution >= 4 is 22.5 Å². The number of anilines is 2. The molecule has 6 heterocycles. The fourth-order valence-corrected chi connectivity index (χ4v) is 6.79. The molecule has 0 bridgehead atoms. The quantitative estimate of drug-likeness (QED) is 0.270. The van der Waals surface area contributed by atoms with Crippen molar-refractivity contribution < 1.29 is 4.39 Å². The zero-order chi connectivity index (χ0) is 29.5. The van der Waals surface area contributed by atoms with Gasteiger partial charge in [-0.3, -0.25) is 19.7 Å². The molecule has 43 heavy (non-hydrogen) atoms. The Morgan fingerprint density at radius 2 is 1.74 bits per heavy atom. The molecule has 0 radical (unpaired) electrons. The van der Waals surface area contributed by atoms with Crippen LogP contribution in [0, 0.1) is 19.7 Å². The minimum absolute atomic E-state index is 0.113. The maximum Gasteiger partial charge on any atom is 0.195 e. The average Bonchev–Trinajstić information content (AvgIpc) is 3.71. The van der Waals surface area contributed by atoms with Crippen molar-refractivity contribution in [1.82, 2.24) is 24.4 Å². The highest BCUT2D eigenvalue weighted by atomic mass is 19.1.